The van der Waals surface area contributed by atoms with E-state index in [4.69, 9.17) is 14.5 Å². The van der Waals surface area contributed by atoms with Crippen LogP contribution in [0.2, 0.25) is 0 Å². The zero-order valence-corrected chi connectivity index (χ0v) is 25.8. The van der Waals surface area contributed by atoms with Crippen LogP contribution in [0.25, 0.3) is 17.0 Å². The molecule has 7 nitrogen and oxygen atoms in total. The Morgan fingerprint density at radius 2 is 1.73 bits per heavy atom. The maximum atomic E-state index is 14.6. The fourth-order valence-corrected chi connectivity index (χ4v) is 6.82. The van der Waals surface area contributed by atoms with Crippen molar-refractivity contribution >= 4 is 34.3 Å². The van der Waals surface area contributed by atoms with E-state index in [0.717, 1.165) is 27.7 Å². The molecule has 0 spiro atoms. The molecule has 44 heavy (non-hydrogen) atoms. The van der Waals surface area contributed by atoms with Crippen LogP contribution in [-0.2, 0) is 16.1 Å². The third kappa shape index (κ3) is 5.17. The number of benzene rings is 3. The lowest BCUT2D eigenvalue weighted by atomic mass is 9.96. The van der Waals surface area contributed by atoms with Gasteiger partial charge < -0.3 is 14.0 Å². The number of allylic oxidation sites excluding steroid dienone is 1. The van der Waals surface area contributed by atoms with Gasteiger partial charge in [-0.25, -0.2) is 14.2 Å². The zero-order valence-electron chi connectivity index (χ0n) is 25.0. The van der Waals surface area contributed by atoms with Crippen LogP contribution in [0.1, 0.15) is 49.2 Å². The van der Waals surface area contributed by atoms with E-state index in [1.807, 2.05) is 74.5 Å². The van der Waals surface area contributed by atoms with Gasteiger partial charge in [0.2, 0.25) is 0 Å². The number of halogens is 1. The molecule has 9 heteroatoms. The van der Waals surface area contributed by atoms with Crippen molar-refractivity contribution in [2.45, 2.75) is 40.3 Å². The minimum absolute atomic E-state index is 0.201. The monoisotopic (exact) mass is 609 g/mol. The second-order valence-corrected chi connectivity index (χ2v) is 11.5. The van der Waals surface area contributed by atoms with Crippen molar-refractivity contribution in [2.75, 3.05) is 13.2 Å². The Bertz CT molecular complexity index is 2100. The number of ether oxygens (including phenoxy) is 2. The lowest BCUT2D eigenvalue weighted by molar-refractivity contribution is -0.139. The van der Waals surface area contributed by atoms with Gasteiger partial charge in [-0.05, 0) is 63.6 Å². The highest BCUT2D eigenvalue weighted by Crippen LogP contribution is 2.32. The molecule has 6 rings (SSSR count). The Kier molecular flexibility index (Phi) is 8.05. The number of nitrogens with zero attached hydrogens (tertiary/aromatic N) is 3. The van der Waals surface area contributed by atoms with Crippen molar-refractivity contribution in [2.24, 2.45) is 4.99 Å². The smallest absolute Gasteiger partial charge is 0.338 e. The molecule has 1 aliphatic rings. The van der Waals surface area contributed by atoms with Crippen LogP contribution < -0.4 is 19.6 Å². The van der Waals surface area contributed by atoms with Crippen LogP contribution >= 0.6 is 11.3 Å². The van der Waals surface area contributed by atoms with Crippen molar-refractivity contribution in [1.82, 2.24) is 9.13 Å². The third-order valence-electron chi connectivity index (χ3n) is 7.87. The standard InChI is InChI=1S/C35H32FN3O4S/c1-5-42-25-17-15-23(16-18-25)32-31(34(41)43-6-2)21(3)37-35-39(32)33(40)30(44-35)19-27-22(4)38(29-14-10-8-12-26(27)29)20-24-11-7-9-13-28(24)36/h7-19,32H,5-6,20H2,1-4H3/b30-19-/t32-/m1/s1. The number of esters is 1. The Labute approximate surface area is 257 Å². The molecule has 0 amide bonds. The average molecular weight is 610 g/mol. The number of carbonyl (C=O) groups excluding carboxylic acids is 1. The van der Waals surface area contributed by atoms with Gasteiger partial charge in [0, 0.05) is 27.7 Å². The first-order valence-corrected chi connectivity index (χ1v) is 15.4. The fourth-order valence-electron chi connectivity index (χ4n) is 5.79. The number of thiazole rings is 1. The predicted octanol–water partition coefficient (Wildman–Crippen LogP) is 5.65. The molecular formula is C35H32FN3O4S. The molecule has 0 unspecified atom stereocenters. The number of carbonyl (C=O) groups is 1. The maximum absolute atomic E-state index is 14.6. The largest absolute Gasteiger partial charge is 0.494 e. The Morgan fingerprint density at radius 1 is 1.00 bits per heavy atom. The molecule has 224 valence electrons. The predicted molar refractivity (Wildman–Crippen MR) is 170 cm³/mol. The number of para-hydroxylation sites is 1. The Balaban J connectivity index is 1.53. The van der Waals surface area contributed by atoms with Crippen molar-refractivity contribution in [3.05, 3.63) is 132 Å². The second kappa shape index (κ2) is 12.1. The summed E-state index contributed by atoms with van der Waals surface area (Å²) in [5.41, 5.74) is 4.64. The summed E-state index contributed by atoms with van der Waals surface area (Å²) in [5, 5.41) is 0.957. The van der Waals surface area contributed by atoms with E-state index in [1.165, 1.54) is 17.4 Å². The summed E-state index contributed by atoms with van der Waals surface area (Å²) in [5.74, 6) is -0.0696. The van der Waals surface area contributed by atoms with Crippen LogP contribution in [0.4, 0.5) is 4.39 Å². The summed E-state index contributed by atoms with van der Waals surface area (Å²) in [6.45, 7) is 8.49. The summed E-state index contributed by atoms with van der Waals surface area (Å²) in [4.78, 5) is 32.7. The van der Waals surface area contributed by atoms with Crippen LogP contribution in [-0.4, -0.2) is 28.3 Å². The molecule has 5 aromatic rings. The van der Waals surface area contributed by atoms with Gasteiger partial charge in [0.1, 0.15) is 11.6 Å². The van der Waals surface area contributed by atoms with Crippen LogP contribution in [0.3, 0.4) is 0 Å². The first-order valence-electron chi connectivity index (χ1n) is 14.6. The van der Waals surface area contributed by atoms with Gasteiger partial charge in [0.25, 0.3) is 5.56 Å². The minimum atomic E-state index is -0.716. The second-order valence-electron chi connectivity index (χ2n) is 10.5. The molecule has 0 radical (unpaired) electrons. The highest BCUT2D eigenvalue weighted by Gasteiger charge is 2.33. The summed E-state index contributed by atoms with van der Waals surface area (Å²) >= 11 is 1.28. The molecule has 3 heterocycles. The first-order chi connectivity index (χ1) is 21.3. The van der Waals surface area contributed by atoms with Gasteiger partial charge in [-0.15, -0.1) is 0 Å². The molecule has 0 saturated heterocycles. The molecule has 0 bridgehead atoms. The summed E-state index contributed by atoms with van der Waals surface area (Å²) in [6, 6.07) is 21.4. The molecule has 0 saturated carbocycles. The summed E-state index contributed by atoms with van der Waals surface area (Å²) in [6.07, 6.45) is 1.89. The van der Waals surface area contributed by atoms with Crippen LogP contribution in [0.5, 0.6) is 5.75 Å². The highest BCUT2D eigenvalue weighted by atomic mass is 32.1. The summed E-state index contributed by atoms with van der Waals surface area (Å²) in [7, 11) is 0. The Morgan fingerprint density at radius 3 is 2.45 bits per heavy atom. The van der Waals surface area contributed by atoms with E-state index in [-0.39, 0.29) is 18.0 Å². The van der Waals surface area contributed by atoms with Crippen molar-refractivity contribution in [3.63, 3.8) is 0 Å². The number of fused-ring (bicyclic) bond motifs is 2. The first kappa shape index (κ1) is 29.3. The van der Waals surface area contributed by atoms with Crippen molar-refractivity contribution < 1.29 is 18.7 Å². The van der Waals surface area contributed by atoms with E-state index in [2.05, 4.69) is 4.57 Å². The number of hydrogen-bond donors (Lipinski definition) is 0. The van der Waals surface area contributed by atoms with E-state index in [9.17, 15) is 14.0 Å². The molecule has 1 aliphatic heterocycles. The Hall–Kier alpha value is -4.76. The molecule has 0 N–H and O–H groups in total. The van der Waals surface area contributed by atoms with Crippen LogP contribution in [0.15, 0.2) is 93.9 Å². The lowest BCUT2D eigenvalue weighted by Gasteiger charge is -2.24. The third-order valence-corrected chi connectivity index (χ3v) is 8.85. The van der Waals surface area contributed by atoms with E-state index in [1.54, 1.807) is 30.5 Å². The van der Waals surface area contributed by atoms with Gasteiger partial charge in [-0.3, -0.25) is 9.36 Å². The van der Waals surface area contributed by atoms with E-state index >= 15 is 0 Å². The molecule has 0 aliphatic carbocycles. The van der Waals surface area contributed by atoms with Gasteiger partial charge in [0.05, 0.1) is 41.6 Å². The fraction of sp³-hybridized carbons (Fsp3) is 0.229. The zero-order chi connectivity index (χ0) is 31.0. The number of rotatable bonds is 8. The molecular weight excluding hydrogens is 577 g/mol. The topological polar surface area (TPSA) is 74.8 Å². The number of hydrogen-bond acceptors (Lipinski definition) is 6. The van der Waals surface area contributed by atoms with Crippen molar-refractivity contribution in [1.29, 1.82) is 0 Å². The van der Waals surface area contributed by atoms with Crippen molar-refractivity contribution in [3.8, 4) is 5.75 Å². The maximum Gasteiger partial charge on any atom is 0.338 e. The van der Waals surface area contributed by atoms with E-state index < -0.39 is 12.0 Å². The van der Waals surface area contributed by atoms with Gasteiger partial charge in [-0.2, -0.15) is 0 Å². The molecule has 1 atom stereocenters. The minimum Gasteiger partial charge on any atom is -0.494 e. The lowest BCUT2D eigenvalue weighted by Crippen LogP contribution is -2.39. The number of aromatic nitrogens is 2. The molecule has 0 fully saturated rings. The highest BCUT2D eigenvalue weighted by molar-refractivity contribution is 7.07. The molecule has 3 aromatic carbocycles. The molecule has 2 aromatic heterocycles. The quantitative estimate of drug-likeness (QED) is 0.213. The normalized spacial score (nSPS) is 14.9. The van der Waals surface area contributed by atoms with Gasteiger partial charge in [0.15, 0.2) is 4.80 Å². The van der Waals surface area contributed by atoms with Gasteiger partial charge >= 0.3 is 5.97 Å². The summed E-state index contributed by atoms with van der Waals surface area (Å²) < 4.78 is 29.8. The van der Waals surface area contributed by atoms with Crippen LogP contribution in [0, 0.1) is 12.7 Å². The van der Waals surface area contributed by atoms with Gasteiger partial charge in [-0.1, -0.05) is 59.9 Å². The average Bonchev–Trinajstić information content (AvgIpc) is 3.46. The SMILES string of the molecule is CCOC(=O)C1=C(C)N=c2s/c(=C\c3c(C)n(Cc4ccccc4F)c4ccccc34)c(=O)n2[C@@H]1c1ccc(OCC)cc1. The van der Waals surface area contributed by atoms with E-state index in [0.29, 0.717) is 45.1 Å².